The summed E-state index contributed by atoms with van der Waals surface area (Å²) in [6, 6.07) is 0. The third-order valence-electron chi connectivity index (χ3n) is 9.59. The maximum Gasteiger partial charge on any atom is 0.305 e. The van der Waals surface area contributed by atoms with Gasteiger partial charge in [-0.25, -0.2) is 15.0 Å². The first-order valence-corrected chi connectivity index (χ1v) is 14.8. The molecule has 0 saturated carbocycles. The van der Waals surface area contributed by atoms with Crippen LogP contribution >= 0.6 is 0 Å². The highest BCUT2D eigenvalue weighted by molar-refractivity contribution is 6.21. The van der Waals surface area contributed by atoms with Crippen LogP contribution in [0.2, 0.25) is 0 Å². The molecule has 7 heteroatoms. The second-order valence-corrected chi connectivity index (χ2v) is 11.8. The van der Waals surface area contributed by atoms with Gasteiger partial charge in [0, 0.05) is 52.3 Å². The molecule has 5 aliphatic heterocycles. The summed E-state index contributed by atoms with van der Waals surface area (Å²) in [5.41, 5.74) is 14.3. The lowest BCUT2D eigenvalue weighted by Crippen LogP contribution is -2.18. The molecule has 0 radical (unpaired) electrons. The van der Waals surface area contributed by atoms with Crippen LogP contribution in [0.3, 0.4) is 0 Å². The third-order valence-corrected chi connectivity index (χ3v) is 9.59. The van der Waals surface area contributed by atoms with Crippen molar-refractivity contribution in [2.75, 3.05) is 7.11 Å². The first-order valence-electron chi connectivity index (χ1n) is 14.8. The molecule has 3 atom stereocenters. The number of hydrogen-bond donors (Lipinski definition) is 2. The number of methoxy groups -OCH3 is 1. The number of aliphatic imine (C=N–C) groups is 3. The van der Waals surface area contributed by atoms with Crippen molar-refractivity contribution in [1.82, 2.24) is 5.32 Å². The van der Waals surface area contributed by atoms with Crippen LogP contribution in [-0.4, -0.2) is 35.3 Å². The first kappa shape index (κ1) is 27.9. The van der Waals surface area contributed by atoms with Crippen molar-refractivity contribution in [1.29, 1.82) is 0 Å². The molecule has 42 heavy (non-hydrogen) atoms. The number of allylic oxidation sites excluding steroid dienone is 12. The molecule has 0 aromatic carbocycles. The zero-order valence-corrected chi connectivity index (χ0v) is 25.5. The standard InChI is InChI=1S/C35H38N4O3/c1-9-21-16(3)24-13-26-18(5)23(11-12-30(40)42-8)33(38-26)31-20(7)35(41)32-19(6)27(39-34(31)32)15-29-22(10-2)17(4)25(37-29)14-28(21)36-24/h9,13-15,18,20,23,38,41H,1,10-12H2,2-8H3/t18-,20+,23-/m0/s1. The summed E-state index contributed by atoms with van der Waals surface area (Å²) < 4.78 is 4.99. The Kier molecular flexibility index (Phi) is 6.79. The minimum atomic E-state index is -0.233. The fourth-order valence-corrected chi connectivity index (χ4v) is 7.02. The summed E-state index contributed by atoms with van der Waals surface area (Å²) in [5, 5.41) is 15.2. The van der Waals surface area contributed by atoms with Gasteiger partial charge in [-0.3, -0.25) is 4.79 Å². The highest BCUT2D eigenvalue weighted by Crippen LogP contribution is 2.48. The van der Waals surface area contributed by atoms with Crippen molar-refractivity contribution in [2.24, 2.45) is 32.7 Å². The number of carbonyl (C=O) groups is 1. The number of esters is 1. The zero-order chi connectivity index (χ0) is 30.0. The van der Waals surface area contributed by atoms with Gasteiger partial charge in [0.05, 0.1) is 41.3 Å². The molecule has 6 rings (SSSR count). The Hall–Kier alpha value is -4.26. The number of nitrogens with zero attached hydrogens (tertiary/aromatic N) is 3. The van der Waals surface area contributed by atoms with E-state index in [0.29, 0.717) is 18.6 Å². The van der Waals surface area contributed by atoms with Gasteiger partial charge in [0.2, 0.25) is 0 Å². The summed E-state index contributed by atoms with van der Waals surface area (Å²) >= 11 is 0. The van der Waals surface area contributed by atoms with Crippen LogP contribution in [0.15, 0.2) is 119 Å². The topological polar surface area (TPSA) is 95.6 Å². The number of nitrogens with one attached hydrogen (secondary N) is 1. The van der Waals surface area contributed by atoms with Crippen molar-refractivity contribution in [3.8, 4) is 0 Å². The summed E-state index contributed by atoms with van der Waals surface area (Å²) in [4.78, 5) is 27.5. The van der Waals surface area contributed by atoms with Crippen LogP contribution in [0.5, 0.6) is 0 Å². The molecule has 1 aliphatic carbocycles. The van der Waals surface area contributed by atoms with Gasteiger partial charge in [-0.15, -0.1) is 0 Å². The minimum Gasteiger partial charge on any atom is -0.511 e. The Balaban J connectivity index is 1.62. The van der Waals surface area contributed by atoms with Crippen LogP contribution in [0.4, 0.5) is 0 Å². The summed E-state index contributed by atoms with van der Waals surface area (Å²) in [7, 11) is 1.43. The summed E-state index contributed by atoms with van der Waals surface area (Å²) in [6.45, 7) is 16.7. The lowest BCUT2D eigenvalue weighted by atomic mass is 9.84. The van der Waals surface area contributed by atoms with Crippen LogP contribution < -0.4 is 5.32 Å². The third kappa shape index (κ3) is 4.09. The van der Waals surface area contributed by atoms with E-state index in [9.17, 15) is 9.90 Å². The minimum absolute atomic E-state index is 0.0139. The molecule has 0 unspecified atom stereocenters. The summed E-state index contributed by atoms with van der Waals surface area (Å²) in [5.74, 6) is -0.0310. The number of aliphatic hydroxyl groups excluding tert-OH is 1. The normalized spacial score (nSPS) is 26.4. The molecule has 2 N–H and O–H groups in total. The van der Waals surface area contributed by atoms with E-state index < -0.39 is 0 Å². The smallest absolute Gasteiger partial charge is 0.305 e. The molecule has 216 valence electrons. The van der Waals surface area contributed by atoms with Crippen molar-refractivity contribution in [3.05, 3.63) is 104 Å². The predicted molar refractivity (Wildman–Crippen MR) is 168 cm³/mol. The maximum atomic E-state index is 12.2. The van der Waals surface area contributed by atoms with E-state index >= 15 is 0 Å². The van der Waals surface area contributed by atoms with E-state index in [1.807, 2.05) is 19.9 Å². The molecule has 0 aromatic heterocycles. The van der Waals surface area contributed by atoms with Crippen molar-refractivity contribution in [3.63, 3.8) is 0 Å². The SMILES string of the molecule is C=CC1=C(C)C2=NC1=CC1=NC(=CC3=C(C)C4=C(O)[C@H](C)C(=C5NC(=C2)[C@@H](C)[C@@H]5CCC(=O)OC)C4=N3)C(CC)=C1C. The number of rotatable bonds is 5. The Morgan fingerprint density at radius 1 is 1.05 bits per heavy atom. The second kappa shape index (κ2) is 10.2. The Labute approximate surface area is 247 Å². The van der Waals surface area contributed by atoms with Gasteiger partial charge in [0.15, 0.2) is 0 Å². The molecule has 1 saturated heterocycles. The van der Waals surface area contributed by atoms with E-state index in [2.05, 4.69) is 57.8 Å². The van der Waals surface area contributed by atoms with Gasteiger partial charge in [0.25, 0.3) is 0 Å². The number of carbonyl (C=O) groups excluding carboxylic acids is 1. The molecular formula is C35H38N4O3. The van der Waals surface area contributed by atoms with Gasteiger partial charge in [-0.1, -0.05) is 33.4 Å². The van der Waals surface area contributed by atoms with Gasteiger partial charge in [-0.05, 0) is 74.1 Å². The van der Waals surface area contributed by atoms with E-state index in [-0.39, 0.29) is 23.7 Å². The van der Waals surface area contributed by atoms with Gasteiger partial charge >= 0.3 is 5.97 Å². The number of aliphatic hydroxyl groups is 1. The number of fused-ring (bicyclic) bond motifs is 5. The molecule has 0 amide bonds. The van der Waals surface area contributed by atoms with Crippen LogP contribution in [0.25, 0.3) is 0 Å². The number of ether oxygens (including phenoxy) is 1. The molecule has 7 nitrogen and oxygen atoms in total. The first-order chi connectivity index (χ1) is 20.1. The van der Waals surface area contributed by atoms with E-state index in [0.717, 1.165) is 85.5 Å². The fourth-order valence-electron chi connectivity index (χ4n) is 7.02. The molecule has 6 aliphatic rings. The maximum absolute atomic E-state index is 12.2. The molecule has 0 aromatic rings. The predicted octanol–water partition coefficient (Wildman–Crippen LogP) is 7.04. The Bertz CT molecular complexity index is 1710. The number of hydrogen-bond acceptors (Lipinski definition) is 7. The fraction of sp³-hybridized carbons (Fsp3) is 0.371. The van der Waals surface area contributed by atoms with Crippen molar-refractivity contribution < 1.29 is 14.6 Å². The van der Waals surface area contributed by atoms with Crippen LogP contribution in [0, 0.1) is 17.8 Å². The van der Waals surface area contributed by atoms with E-state index in [4.69, 9.17) is 19.7 Å². The van der Waals surface area contributed by atoms with E-state index in [1.165, 1.54) is 12.7 Å². The average Bonchev–Trinajstić information content (AvgIpc) is 3.69. The Morgan fingerprint density at radius 2 is 1.76 bits per heavy atom. The van der Waals surface area contributed by atoms with E-state index in [1.54, 1.807) is 0 Å². The van der Waals surface area contributed by atoms with Crippen molar-refractivity contribution >= 4 is 23.1 Å². The Morgan fingerprint density at radius 3 is 2.45 bits per heavy atom. The van der Waals surface area contributed by atoms with Crippen LogP contribution in [0.1, 0.15) is 60.8 Å². The van der Waals surface area contributed by atoms with Crippen molar-refractivity contribution in [2.45, 2.75) is 60.8 Å². The molecule has 0 spiro atoms. The van der Waals surface area contributed by atoms with Gasteiger partial charge < -0.3 is 15.2 Å². The quantitative estimate of drug-likeness (QED) is 0.351. The lowest BCUT2D eigenvalue weighted by Gasteiger charge is -2.19. The van der Waals surface area contributed by atoms with Crippen LogP contribution in [-0.2, 0) is 9.53 Å². The molecule has 1 fully saturated rings. The summed E-state index contributed by atoms with van der Waals surface area (Å²) in [6.07, 6.45) is 9.86. The highest BCUT2D eigenvalue weighted by Gasteiger charge is 2.44. The highest BCUT2D eigenvalue weighted by atomic mass is 16.5. The molecule has 8 bridgehead atoms. The second-order valence-electron chi connectivity index (χ2n) is 11.8. The monoisotopic (exact) mass is 562 g/mol. The zero-order valence-electron chi connectivity index (χ0n) is 25.5. The van der Waals surface area contributed by atoms with Gasteiger partial charge in [0.1, 0.15) is 5.76 Å². The van der Waals surface area contributed by atoms with Gasteiger partial charge in [-0.2, -0.15) is 0 Å². The largest absolute Gasteiger partial charge is 0.511 e. The molecule has 5 heterocycles. The molecular weight excluding hydrogens is 524 g/mol. The lowest BCUT2D eigenvalue weighted by molar-refractivity contribution is -0.140. The average molecular weight is 563 g/mol.